The summed E-state index contributed by atoms with van der Waals surface area (Å²) in [6.07, 6.45) is 0. The van der Waals surface area contributed by atoms with Crippen LogP contribution < -0.4 is 10.6 Å². The van der Waals surface area contributed by atoms with Crippen LogP contribution in [0.3, 0.4) is 0 Å². The SMILES string of the molecule is Cc1cc(C)c(NC(=O)CNC(=O)CN(C)Cc2ccccc2C)c(C)c1. The highest BCUT2D eigenvalue weighted by atomic mass is 16.2. The zero-order valence-electron chi connectivity index (χ0n) is 16.8. The van der Waals surface area contributed by atoms with E-state index in [0.717, 1.165) is 22.4 Å². The molecule has 0 radical (unpaired) electrons. The minimum atomic E-state index is -0.222. The molecular formula is C22H29N3O2. The lowest BCUT2D eigenvalue weighted by molar-refractivity contribution is -0.124. The third kappa shape index (κ3) is 6.22. The topological polar surface area (TPSA) is 61.4 Å². The maximum Gasteiger partial charge on any atom is 0.243 e. The van der Waals surface area contributed by atoms with Gasteiger partial charge in [0.05, 0.1) is 13.1 Å². The molecule has 5 nitrogen and oxygen atoms in total. The number of hydrogen-bond acceptors (Lipinski definition) is 3. The van der Waals surface area contributed by atoms with Crippen LogP contribution in [0.1, 0.15) is 27.8 Å². The van der Waals surface area contributed by atoms with E-state index in [9.17, 15) is 9.59 Å². The molecule has 2 amide bonds. The fourth-order valence-corrected chi connectivity index (χ4v) is 3.17. The molecule has 2 aromatic carbocycles. The van der Waals surface area contributed by atoms with Gasteiger partial charge in [0.1, 0.15) is 0 Å². The molecule has 0 heterocycles. The maximum atomic E-state index is 12.2. The number of nitrogens with zero attached hydrogens (tertiary/aromatic N) is 1. The Kier molecular flexibility index (Phi) is 7.13. The lowest BCUT2D eigenvalue weighted by Crippen LogP contribution is -2.39. The number of benzene rings is 2. The van der Waals surface area contributed by atoms with Crippen molar-refractivity contribution in [1.29, 1.82) is 0 Å². The number of aryl methyl sites for hydroxylation is 4. The average Bonchev–Trinajstić information content (AvgIpc) is 2.58. The van der Waals surface area contributed by atoms with Crippen LogP contribution in [0.15, 0.2) is 36.4 Å². The molecule has 2 aromatic rings. The molecule has 0 saturated carbocycles. The standard InChI is InChI=1S/C22H29N3O2/c1-15-10-17(3)22(18(4)11-15)24-20(26)12-23-21(27)14-25(5)13-19-9-7-6-8-16(19)2/h6-11H,12-14H2,1-5H3,(H,23,27)(H,24,26). The van der Waals surface area contributed by atoms with Crippen molar-refractivity contribution in [3.8, 4) is 0 Å². The zero-order valence-corrected chi connectivity index (χ0v) is 16.8. The molecule has 0 fully saturated rings. The Morgan fingerprint density at radius 2 is 1.56 bits per heavy atom. The largest absolute Gasteiger partial charge is 0.346 e. The molecule has 0 bridgehead atoms. The fourth-order valence-electron chi connectivity index (χ4n) is 3.17. The van der Waals surface area contributed by atoms with Gasteiger partial charge in [0.15, 0.2) is 0 Å². The van der Waals surface area contributed by atoms with Crippen LogP contribution in [0.2, 0.25) is 0 Å². The smallest absolute Gasteiger partial charge is 0.243 e. The zero-order chi connectivity index (χ0) is 20.0. The molecule has 0 unspecified atom stereocenters. The second-order valence-electron chi connectivity index (χ2n) is 7.20. The Morgan fingerprint density at radius 3 is 2.19 bits per heavy atom. The molecule has 5 heteroatoms. The number of rotatable bonds is 7. The van der Waals surface area contributed by atoms with E-state index in [1.165, 1.54) is 11.1 Å². The van der Waals surface area contributed by atoms with Gasteiger partial charge in [-0.15, -0.1) is 0 Å². The highest BCUT2D eigenvalue weighted by Crippen LogP contribution is 2.21. The van der Waals surface area contributed by atoms with Gasteiger partial charge in [0.2, 0.25) is 11.8 Å². The quantitative estimate of drug-likeness (QED) is 0.790. The Hall–Kier alpha value is -2.66. The van der Waals surface area contributed by atoms with Gasteiger partial charge in [-0.2, -0.15) is 0 Å². The van der Waals surface area contributed by atoms with E-state index in [4.69, 9.17) is 0 Å². The van der Waals surface area contributed by atoms with E-state index in [1.54, 1.807) is 0 Å². The molecule has 0 aliphatic carbocycles. The second-order valence-corrected chi connectivity index (χ2v) is 7.20. The summed E-state index contributed by atoms with van der Waals surface area (Å²) < 4.78 is 0. The number of nitrogens with one attached hydrogen (secondary N) is 2. The molecular weight excluding hydrogens is 338 g/mol. The predicted molar refractivity (Wildman–Crippen MR) is 110 cm³/mol. The summed E-state index contributed by atoms with van der Waals surface area (Å²) in [5, 5.41) is 5.59. The van der Waals surface area contributed by atoms with Gasteiger partial charge >= 0.3 is 0 Å². The summed E-state index contributed by atoms with van der Waals surface area (Å²) in [6.45, 7) is 8.91. The van der Waals surface area contributed by atoms with Crippen molar-refractivity contribution in [2.24, 2.45) is 0 Å². The predicted octanol–water partition coefficient (Wildman–Crippen LogP) is 3.11. The summed E-state index contributed by atoms with van der Waals surface area (Å²) in [5.74, 6) is -0.390. The van der Waals surface area contributed by atoms with Crippen LogP contribution in [0.5, 0.6) is 0 Å². The number of likely N-dealkylation sites (N-methyl/N-ethyl adjacent to an activating group) is 1. The molecule has 2 rings (SSSR count). The normalized spacial score (nSPS) is 10.7. The Bertz CT molecular complexity index is 807. The first-order valence-corrected chi connectivity index (χ1v) is 9.13. The van der Waals surface area contributed by atoms with Gasteiger partial charge in [-0.3, -0.25) is 14.5 Å². The van der Waals surface area contributed by atoms with Crippen molar-refractivity contribution in [3.05, 3.63) is 64.2 Å². The molecule has 144 valence electrons. The van der Waals surface area contributed by atoms with Crippen molar-refractivity contribution in [2.75, 3.05) is 25.5 Å². The van der Waals surface area contributed by atoms with Crippen LogP contribution in [0.25, 0.3) is 0 Å². The lowest BCUT2D eigenvalue weighted by atomic mass is 10.1. The Labute approximate surface area is 161 Å². The molecule has 0 saturated heterocycles. The molecule has 0 spiro atoms. The lowest BCUT2D eigenvalue weighted by Gasteiger charge is -2.18. The summed E-state index contributed by atoms with van der Waals surface area (Å²) in [7, 11) is 1.89. The first kappa shape index (κ1) is 20.6. The first-order valence-electron chi connectivity index (χ1n) is 9.13. The number of hydrogen-bond donors (Lipinski definition) is 2. The highest BCUT2D eigenvalue weighted by molar-refractivity contribution is 5.96. The van der Waals surface area contributed by atoms with Crippen molar-refractivity contribution in [3.63, 3.8) is 0 Å². The molecule has 0 aromatic heterocycles. The summed E-state index contributed by atoms with van der Waals surface area (Å²) >= 11 is 0. The Balaban J connectivity index is 1.81. The average molecular weight is 367 g/mol. The van der Waals surface area contributed by atoms with Crippen molar-refractivity contribution in [2.45, 2.75) is 34.2 Å². The molecule has 0 aliphatic heterocycles. The fraction of sp³-hybridized carbons (Fsp3) is 0.364. The van der Waals surface area contributed by atoms with Crippen LogP contribution in [0.4, 0.5) is 5.69 Å². The molecule has 0 aliphatic rings. The van der Waals surface area contributed by atoms with Gasteiger partial charge in [-0.05, 0) is 57.0 Å². The van der Waals surface area contributed by atoms with Crippen LogP contribution >= 0.6 is 0 Å². The first-order chi connectivity index (χ1) is 12.8. The van der Waals surface area contributed by atoms with Crippen molar-refractivity contribution in [1.82, 2.24) is 10.2 Å². The summed E-state index contributed by atoms with van der Waals surface area (Å²) in [4.78, 5) is 26.3. The van der Waals surface area contributed by atoms with E-state index in [1.807, 2.05) is 57.0 Å². The van der Waals surface area contributed by atoms with E-state index < -0.39 is 0 Å². The maximum absolute atomic E-state index is 12.2. The second kappa shape index (κ2) is 9.33. The van der Waals surface area contributed by atoms with Crippen LogP contribution in [-0.2, 0) is 16.1 Å². The van der Waals surface area contributed by atoms with Crippen molar-refractivity contribution < 1.29 is 9.59 Å². The number of anilines is 1. The third-order valence-electron chi connectivity index (χ3n) is 4.50. The van der Waals surface area contributed by atoms with Gasteiger partial charge in [-0.1, -0.05) is 42.0 Å². The van der Waals surface area contributed by atoms with Crippen LogP contribution in [0, 0.1) is 27.7 Å². The van der Waals surface area contributed by atoms with E-state index in [0.29, 0.717) is 6.54 Å². The summed E-state index contributed by atoms with van der Waals surface area (Å²) in [6, 6.07) is 12.2. The molecule has 27 heavy (non-hydrogen) atoms. The van der Waals surface area contributed by atoms with Crippen LogP contribution in [-0.4, -0.2) is 36.9 Å². The van der Waals surface area contributed by atoms with E-state index >= 15 is 0 Å². The minimum Gasteiger partial charge on any atom is -0.346 e. The third-order valence-corrected chi connectivity index (χ3v) is 4.50. The highest BCUT2D eigenvalue weighted by Gasteiger charge is 2.12. The van der Waals surface area contributed by atoms with E-state index in [2.05, 4.69) is 29.7 Å². The molecule has 2 N–H and O–H groups in total. The van der Waals surface area contributed by atoms with Gasteiger partial charge in [-0.25, -0.2) is 0 Å². The van der Waals surface area contributed by atoms with Gasteiger partial charge in [0.25, 0.3) is 0 Å². The number of amides is 2. The molecule has 0 atom stereocenters. The summed E-state index contributed by atoms with van der Waals surface area (Å²) in [5.41, 5.74) is 6.41. The van der Waals surface area contributed by atoms with Gasteiger partial charge in [0, 0.05) is 12.2 Å². The number of carbonyl (C=O) groups is 2. The minimum absolute atomic E-state index is 0.0379. The van der Waals surface area contributed by atoms with E-state index in [-0.39, 0.29) is 24.9 Å². The number of carbonyl (C=O) groups excluding carboxylic acids is 2. The monoisotopic (exact) mass is 367 g/mol. The van der Waals surface area contributed by atoms with Crippen molar-refractivity contribution >= 4 is 17.5 Å². The van der Waals surface area contributed by atoms with Gasteiger partial charge < -0.3 is 10.6 Å². The Morgan fingerprint density at radius 1 is 0.926 bits per heavy atom.